The van der Waals surface area contributed by atoms with Crippen molar-refractivity contribution < 1.29 is 17.6 Å². The van der Waals surface area contributed by atoms with E-state index < -0.39 is 15.9 Å². The largest absolute Gasteiger partial charge is 0.348 e. The van der Waals surface area contributed by atoms with Gasteiger partial charge in [-0.15, -0.1) is 0 Å². The molecule has 0 aliphatic carbocycles. The Bertz CT molecular complexity index is 805. The van der Waals surface area contributed by atoms with Crippen molar-refractivity contribution >= 4 is 15.9 Å². The van der Waals surface area contributed by atoms with Gasteiger partial charge >= 0.3 is 0 Å². The van der Waals surface area contributed by atoms with Gasteiger partial charge in [0.15, 0.2) is 0 Å². The maximum atomic E-state index is 13.5. The first-order chi connectivity index (χ1) is 11.4. The molecule has 0 saturated carbocycles. The van der Waals surface area contributed by atoms with E-state index in [-0.39, 0.29) is 17.3 Å². The fraction of sp³-hybridized carbons (Fsp3) is 0.235. The zero-order valence-electron chi connectivity index (χ0n) is 13.3. The van der Waals surface area contributed by atoms with Crippen molar-refractivity contribution in [3.8, 4) is 0 Å². The summed E-state index contributed by atoms with van der Waals surface area (Å²) in [7, 11) is -3.56. The van der Waals surface area contributed by atoms with Crippen molar-refractivity contribution in [2.75, 3.05) is 6.54 Å². The maximum absolute atomic E-state index is 13.5. The van der Waals surface area contributed by atoms with Crippen LogP contribution in [0.25, 0.3) is 0 Å². The van der Waals surface area contributed by atoms with E-state index in [0.717, 1.165) is 0 Å². The van der Waals surface area contributed by atoms with Crippen molar-refractivity contribution in [1.82, 2.24) is 10.0 Å². The maximum Gasteiger partial charge on any atom is 0.251 e. The lowest BCUT2D eigenvalue weighted by atomic mass is 10.2. The minimum atomic E-state index is -3.56. The Balaban J connectivity index is 2.02. The normalized spacial score (nSPS) is 11.2. The smallest absolute Gasteiger partial charge is 0.251 e. The van der Waals surface area contributed by atoms with Crippen molar-refractivity contribution in [3.63, 3.8) is 0 Å². The standard InChI is InChI=1S/C17H19FN2O3S/c1-2-11-20-24(22,23)15-9-7-13(8-10-15)17(21)19-12-14-5-3-4-6-16(14)18/h3-10,20H,2,11-12H2,1H3,(H,19,21). The molecule has 0 atom stereocenters. The molecule has 1 amide bonds. The van der Waals surface area contributed by atoms with Gasteiger partial charge < -0.3 is 5.32 Å². The predicted molar refractivity (Wildman–Crippen MR) is 89.5 cm³/mol. The molecule has 7 heteroatoms. The summed E-state index contributed by atoms with van der Waals surface area (Å²) in [6.45, 7) is 2.28. The van der Waals surface area contributed by atoms with Crippen LogP contribution in [0.1, 0.15) is 29.3 Å². The minimum absolute atomic E-state index is 0.0591. The number of rotatable bonds is 7. The highest BCUT2D eigenvalue weighted by atomic mass is 32.2. The Hall–Kier alpha value is -2.25. The summed E-state index contributed by atoms with van der Waals surface area (Å²) < 4.78 is 39.9. The van der Waals surface area contributed by atoms with E-state index in [1.807, 2.05) is 6.92 Å². The van der Waals surface area contributed by atoms with E-state index in [1.54, 1.807) is 18.2 Å². The van der Waals surface area contributed by atoms with Gasteiger partial charge in [0, 0.05) is 24.2 Å². The molecule has 0 heterocycles. The van der Waals surface area contributed by atoms with Crippen LogP contribution >= 0.6 is 0 Å². The molecular weight excluding hydrogens is 331 g/mol. The van der Waals surface area contributed by atoms with Crippen LogP contribution in [-0.4, -0.2) is 20.9 Å². The topological polar surface area (TPSA) is 75.3 Å². The summed E-state index contributed by atoms with van der Waals surface area (Å²) in [6, 6.07) is 11.8. The molecule has 0 fully saturated rings. The second-order valence-corrected chi connectivity index (χ2v) is 6.96. The van der Waals surface area contributed by atoms with Crippen LogP contribution in [0.2, 0.25) is 0 Å². The van der Waals surface area contributed by atoms with Crippen molar-refractivity contribution in [2.45, 2.75) is 24.8 Å². The molecule has 0 aliphatic heterocycles. The number of carbonyl (C=O) groups excluding carboxylic acids is 1. The molecular formula is C17H19FN2O3S. The molecule has 0 spiro atoms. The number of hydrogen-bond donors (Lipinski definition) is 2. The van der Waals surface area contributed by atoms with Gasteiger partial charge in [-0.25, -0.2) is 17.5 Å². The van der Waals surface area contributed by atoms with Gasteiger partial charge in [0.05, 0.1) is 4.90 Å². The number of hydrogen-bond acceptors (Lipinski definition) is 3. The fourth-order valence-corrected chi connectivity index (χ4v) is 3.16. The highest BCUT2D eigenvalue weighted by molar-refractivity contribution is 7.89. The number of benzene rings is 2. The van der Waals surface area contributed by atoms with Gasteiger partial charge in [-0.2, -0.15) is 0 Å². The lowest BCUT2D eigenvalue weighted by Gasteiger charge is -2.08. The molecule has 2 rings (SSSR count). The third-order valence-electron chi connectivity index (χ3n) is 3.37. The quantitative estimate of drug-likeness (QED) is 0.805. The molecule has 0 saturated heterocycles. The van der Waals surface area contributed by atoms with E-state index in [4.69, 9.17) is 0 Å². The summed E-state index contributed by atoms with van der Waals surface area (Å²) in [5.41, 5.74) is 0.689. The van der Waals surface area contributed by atoms with Crippen LogP contribution in [0.3, 0.4) is 0 Å². The predicted octanol–water partition coefficient (Wildman–Crippen LogP) is 2.44. The van der Waals surface area contributed by atoms with Crippen molar-refractivity contribution in [2.24, 2.45) is 0 Å². The summed E-state index contributed by atoms with van der Waals surface area (Å²) in [6.07, 6.45) is 0.690. The van der Waals surface area contributed by atoms with Crippen LogP contribution in [0, 0.1) is 5.82 Å². The highest BCUT2D eigenvalue weighted by Crippen LogP contribution is 2.11. The lowest BCUT2D eigenvalue weighted by Crippen LogP contribution is -2.25. The Morgan fingerprint density at radius 3 is 2.38 bits per heavy atom. The third-order valence-corrected chi connectivity index (χ3v) is 4.84. The fourth-order valence-electron chi connectivity index (χ4n) is 2.02. The van der Waals surface area contributed by atoms with E-state index in [0.29, 0.717) is 24.1 Å². The number of nitrogens with one attached hydrogen (secondary N) is 2. The Morgan fingerprint density at radius 1 is 1.08 bits per heavy atom. The van der Waals surface area contributed by atoms with Gasteiger partial charge in [-0.05, 0) is 36.8 Å². The van der Waals surface area contributed by atoms with E-state index in [2.05, 4.69) is 10.0 Å². The van der Waals surface area contributed by atoms with Gasteiger partial charge in [0.1, 0.15) is 5.82 Å². The minimum Gasteiger partial charge on any atom is -0.348 e. The molecule has 0 aromatic heterocycles. The van der Waals surface area contributed by atoms with Gasteiger partial charge in [0.2, 0.25) is 10.0 Å². The van der Waals surface area contributed by atoms with E-state index >= 15 is 0 Å². The summed E-state index contributed by atoms with van der Waals surface area (Å²) in [5.74, 6) is -0.787. The van der Waals surface area contributed by atoms with Crippen molar-refractivity contribution in [3.05, 3.63) is 65.5 Å². The monoisotopic (exact) mass is 350 g/mol. The van der Waals surface area contributed by atoms with Crippen LogP contribution in [-0.2, 0) is 16.6 Å². The lowest BCUT2D eigenvalue weighted by molar-refractivity contribution is 0.0950. The highest BCUT2D eigenvalue weighted by Gasteiger charge is 2.14. The van der Waals surface area contributed by atoms with Crippen LogP contribution in [0.15, 0.2) is 53.4 Å². The molecule has 0 unspecified atom stereocenters. The van der Waals surface area contributed by atoms with E-state index in [9.17, 15) is 17.6 Å². The Kier molecular flexibility index (Phi) is 6.05. The van der Waals surface area contributed by atoms with E-state index in [1.165, 1.54) is 30.3 Å². The zero-order chi connectivity index (χ0) is 17.6. The first-order valence-electron chi connectivity index (χ1n) is 7.55. The first-order valence-corrected chi connectivity index (χ1v) is 9.03. The molecule has 2 aromatic carbocycles. The van der Waals surface area contributed by atoms with Gasteiger partial charge in [-0.3, -0.25) is 4.79 Å². The Morgan fingerprint density at radius 2 is 1.75 bits per heavy atom. The van der Waals surface area contributed by atoms with Crippen molar-refractivity contribution in [1.29, 1.82) is 0 Å². The molecule has 0 aliphatic rings. The molecule has 2 aromatic rings. The molecule has 5 nitrogen and oxygen atoms in total. The Labute approximate surface area is 141 Å². The number of sulfonamides is 1. The second-order valence-electron chi connectivity index (χ2n) is 5.20. The average Bonchev–Trinajstić information content (AvgIpc) is 2.59. The molecule has 128 valence electrons. The third kappa shape index (κ3) is 4.62. The number of amides is 1. The van der Waals surface area contributed by atoms with Crippen LogP contribution < -0.4 is 10.0 Å². The van der Waals surface area contributed by atoms with Crippen LogP contribution in [0.5, 0.6) is 0 Å². The molecule has 2 N–H and O–H groups in total. The summed E-state index contributed by atoms with van der Waals surface area (Å²) in [5, 5.41) is 2.60. The number of halogens is 1. The number of carbonyl (C=O) groups is 1. The van der Waals surface area contributed by atoms with Gasteiger partial charge in [-0.1, -0.05) is 25.1 Å². The molecule has 24 heavy (non-hydrogen) atoms. The summed E-state index contributed by atoms with van der Waals surface area (Å²) >= 11 is 0. The van der Waals surface area contributed by atoms with Crippen LogP contribution in [0.4, 0.5) is 4.39 Å². The second kappa shape index (κ2) is 8.03. The SMILES string of the molecule is CCCNS(=O)(=O)c1ccc(C(=O)NCc2ccccc2F)cc1. The molecule has 0 bridgehead atoms. The average molecular weight is 350 g/mol. The van der Waals surface area contributed by atoms with Gasteiger partial charge in [0.25, 0.3) is 5.91 Å². The first kappa shape index (κ1) is 18.1. The summed E-state index contributed by atoms with van der Waals surface area (Å²) in [4.78, 5) is 12.2. The molecule has 0 radical (unpaired) electrons. The zero-order valence-corrected chi connectivity index (χ0v) is 14.1.